The van der Waals surface area contributed by atoms with Crippen LogP contribution in [0.25, 0.3) is 0 Å². The van der Waals surface area contributed by atoms with E-state index in [0.717, 1.165) is 5.92 Å². The Bertz CT molecular complexity index is 221. The zero-order chi connectivity index (χ0) is 13.5. The molecule has 4 heteroatoms. The van der Waals surface area contributed by atoms with Gasteiger partial charge in [0, 0.05) is 1.43 Å². The Labute approximate surface area is 106 Å². The molecule has 2 N–H and O–H groups in total. The van der Waals surface area contributed by atoms with E-state index in [9.17, 15) is 4.79 Å². The monoisotopic (exact) mass is 247 g/mol. The van der Waals surface area contributed by atoms with Crippen molar-refractivity contribution < 1.29 is 15.7 Å². The third kappa shape index (κ3) is 10.3. The van der Waals surface area contributed by atoms with Gasteiger partial charge >= 0.3 is 0 Å². The summed E-state index contributed by atoms with van der Waals surface area (Å²) in [5, 5.41) is 0. The molecule has 1 rings (SSSR count). The van der Waals surface area contributed by atoms with Crippen molar-refractivity contribution >= 4 is 5.91 Å². The Morgan fingerprint density at radius 1 is 1.41 bits per heavy atom. The number of primary amides is 1. The summed E-state index contributed by atoms with van der Waals surface area (Å²) in [6.07, 6.45) is 0.797. The summed E-state index contributed by atoms with van der Waals surface area (Å²) < 4.78 is 9.86. The van der Waals surface area contributed by atoms with Crippen LogP contribution in [0.1, 0.15) is 42.5 Å². The predicted molar refractivity (Wildman–Crippen MR) is 70.8 cm³/mol. The van der Waals surface area contributed by atoms with E-state index in [0.29, 0.717) is 25.2 Å². The maximum absolute atomic E-state index is 10.4. The second-order valence-corrected chi connectivity index (χ2v) is 6.00. The summed E-state index contributed by atoms with van der Waals surface area (Å²) in [6.45, 7) is 12.7. The van der Waals surface area contributed by atoms with Crippen molar-refractivity contribution in [1.29, 1.82) is 0 Å². The summed E-state index contributed by atoms with van der Waals surface area (Å²) >= 11 is 0. The van der Waals surface area contributed by atoms with Gasteiger partial charge in [-0.3, -0.25) is 4.79 Å². The van der Waals surface area contributed by atoms with Crippen molar-refractivity contribution in [2.45, 2.75) is 47.1 Å². The highest BCUT2D eigenvalue weighted by atomic mass is 16.6. The maximum atomic E-state index is 10.4. The van der Waals surface area contributed by atoms with Gasteiger partial charge in [-0.1, -0.05) is 34.6 Å². The first-order chi connectivity index (χ1) is 7.72. The fourth-order valence-corrected chi connectivity index (χ4v) is 1.88. The molecule has 0 aromatic rings. The lowest BCUT2D eigenvalue weighted by Crippen LogP contribution is -2.39. The van der Waals surface area contributed by atoms with Crippen LogP contribution in [0, 0.1) is 11.3 Å². The van der Waals surface area contributed by atoms with Crippen LogP contribution in [0.4, 0.5) is 0 Å². The highest BCUT2D eigenvalue weighted by molar-refractivity contribution is 5.79. The van der Waals surface area contributed by atoms with Gasteiger partial charge in [-0.2, -0.15) is 0 Å². The number of carbonyl (C=O) groups excluding carboxylic acids is 1. The van der Waals surface area contributed by atoms with Crippen LogP contribution >= 0.6 is 0 Å². The molecular formula is C13H29NO3. The normalized spacial score (nSPS) is 20.7. The van der Waals surface area contributed by atoms with E-state index < -0.39 is 12.0 Å². The molecule has 1 atom stereocenters. The number of carbonyl (C=O) groups is 1. The molecule has 1 saturated heterocycles. The molecule has 104 valence electrons. The van der Waals surface area contributed by atoms with E-state index in [1.165, 1.54) is 6.42 Å². The molecule has 1 heterocycles. The average molecular weight is 247 g/mol. The number of rotatable bonds is 2. The molecule has 1 unspecified atom stereocenters. The molecule has 0 spiro atoms. The Morgan fingerprint density at radius 3 is 2.18 bits per heavy atom. The fourth-order valence-electron chi connectivity index (χ4n) is 1.88. The molecule has 0 bridgehead atoms. The van der Waals surface area contributed by atoms with Crippen LogP contribution in [-0.4, -0.2) is 31.8 Å². The van der Waals surface area contributed by atoms with Crippen molar-refractivity contribution in [2.75, 3.05) is 19.8 Å². The Morgan fingerprint density at radius 2 is 2.00 bits per heavy atom. The standard InChI is InChI=1S/C8H18.C5H9NO3.H2/c1-7(2)6-8(3,4)5;6-5(7)4-3-8-1-2-9-4;/h7H,6H2,1-5H3;4H,1-3H2,(H2,6,7);1H. The minimum absolute atomic E-state index is 0. The smallest absolute Gasteiger partial charge is 0.248 e. The van der Waals surface area contributed by atoms with Crippen LogP contribution in [0.15, 0.2) is 0 Å². The Balaban J connectivity index is 0. The Kier molecular flexibility index (Phi) is 7.39. The zero-order valence-electron chi connectivity index (χ0n) is 11.8. The summed E-state index contributed by atoms with van der Waals surface area (Å²) in [4.78, 5) is 10.4. The fraction of sp³-hybridized carbons (Fsp3) is 0.923. The van der Waals surface area contributed by atoms with Crippen LogP contribution in [-0.2, 0) is 14.3 Å². The van der Waals surface area contributed by atoms with Crippen molar-refractivity contribution in [3.63, 3.8) is 0 Å². The first-order valence-electron chi connectivity index (χ1n) is 6.21. The number of nitrogens with two attached hydrogens (primary N) is 1. The first-order valence-corrected chi connectivity index (χ1v) is 6.21. The van der Waals surface area contributed by atoms with Crippen molar-refractivity contribution in [2.24, 2.45) is 17.1 Å². The van der Waals surface area contributed by atoms with Crippen LogP contribution < -0.4 is 5.73 Å². The quantitative estimate of drug-likeness (QED) is 0.813. The average Bonchev–Trinajstić information content (AvgIpc) is 2.16. The van der Waals surface area contributed by atoms with E-state index in [2.05, 4.69) is 34.6 Å². The second-order valence-electron chi connectivity index (χ2n) is 6.00. The molecule has 1 aliphatic heterocycles. The molecule has 0 saturated carbocycles. The highest BCUT2D eigenvalue weighted by Crippen LogP contribution is 2.23. The lowest BCUT2D eigenvalue weighted by molar-refractivity contribution is -0.144. The minimum atomic E-state index is -0.529. The summed E-state index contributed by atoms with van der Waals surface area (Å²) in [7, 11) is 0. The van der Waals surface area contributed by atoms with Gasteiger partial charge in [0.25, 0.3) is 0 Å². The van der Waals surface area contributed by atoms with Gasteiger partial charge in [-0.15, -0.1) is 0 Å². The van der Waals surface area contributed by atoms with Gasteiger partial charge in [0.1, 0.15) is 0 Å². The molecule has 1 aliphatic rings. The molecule has 1 amide bonds. The van der Waals surface area contributed by atoms with E-state index in [4.69, 9.17) is 15.2 Å². The number of amides is 1. The van der Waals surface area contributed by atoms with E-state index in [1.807, 2.05) is 0 Å². The highest BCUT2D eigenvalue weighted by Gasteiger charge is 2.18. The van der Waals surface area contributed by atoms with E-state index in [1.54, 1.807) is 0 Å². The third-order valence-corrected chi connectivity index (χ3v) is 2.15. The lowest BCUT2D eigenvalue weighted by atomic mass is 9.86. The summed E-state index contributed by atoms with van der Waals surface area (Å²) in [5.74, 6) is 0.393. The second kappa shape index (κ2) is 7.67. The van der Waals surface area contributed by atoms with Crippen molar-refractivity contribution in [1.82, 2.24) is 0 Å². The lowest BCUT2D eigenvalue weighted by Gasteiger charge is -2.19. The largest absolute Gasteiger partial charge is 0.376 e. The Hall–Kier alpha value is -0.610. The summed E-state index contributed by atoms with van der Waals surface area (Å²) in [6, 6.07) is 0. The van der Waals surface area contributed by atoms with Gasteiger partial charge < -0.3 is 15.2 Å². The number of hydrogen-bond acceptors (Lipinski definition) is 3. The molecule has 0 aromatic carbocycles. The molecule has 4 nitrogen and oxygen atoms in total. The van der Waals surface area contributed by atoms with Crippen molar-refractivity contribution in [3.8, 4) is 0 Å². The SMILES string of the molecule is CC(C)CC(C)(C)C.NC(=O)C1COCCO1.[HH]. The van der Waals surface area contributed by atoms with Gasteiger partial charge in [-0.25, -0.2) is 0 Å². The van der Waals surface area contributed by atoms with Gasteiger partial charge in [0.05, 0.1) is 19.8 Å². The topological polar surface area (TPSA) is 61.6 Å². The first kappa shape index (κ1) is 16.4. The molecule has 1 fully saturated rings. The van der Waals surface area contributed by atoms with E-state index in [-0.39, 0.29) is 1.43 Å². The van der Waals surface area contributed by atoms with Crippen LogP contribution in [0.3, 0.4) is 0 Å². The molecule has 0 radical (unpaired) electrons. The van der Waals surface area contributed by atoms with E-state index >= 15 is 0 Å². The van der Waals surface area contributed by atoms with Gasteiger partial charge in [-0.05, 0) is 17.8 Å². The number of ether oxygens (including phenoxy) is 2. The van der Waals surface area contributed by atoms with Crippen molar-refractivity contribution in [3.05, 3.63) is 0 Å². The molecule has 17 heavy (non-hydrogen) atoms. The number of hydrogen-bond donors (Lipinski definition) is 1. The van der Waals surface area contributed by atoms with Crippen LogP contribution in [0.2, 0.25) is 0 Å². The molecule has 0 aromatic heterocycles. The predicted octanol–water partition coefficient (Wildman–Crippen LogP) is 2.21. The molecular weight excluding hydrogens is 218 g/mol. The van der Waals surface area contributed by atoms with Crippen LogP contribution in [0.5, 0.6) is 0 Å². The summed E-state index contributed by atoms with van der Waals surface area (Å²) in [5.41, 5.74) is 5.45. The van der Waals surface area contributed by atoms with Gasteiger partial charge in [0.15, 0.2) is 6.10 Å². The molecule has 0 aliphatic carbocycles. The third-order valence-electron chi connectivity index (χ3n) is 2.15. The zero-order valence-corrected chi connectivity index (χ0v) is 11.8. The minimum Gasteiger partial charge on any atom is -0.376 e. The van der Waals surface area contributed by atoms with Gasteiger partial charge in [0.2, 0.25) is 5.91 Å². The maximum Gasteiger partial charge on any atom is 0.248 e.